The monoisotopic (exact) mass is 236 g/mol. The molecule has 0 unspecified atom stereocenters. The first kappa shape index (κ1) is 13.1. The minimum atomic E-state index is -1.19. The van der Waals surface area contributed by atoms with Gasteiger partial charge in [0.15, 0.2) is 0 Å². The van der Waals surface area contributed by atoms with Gasteiger partial charge in [0.2, 0.25) is 5.95 Å². The highest BCUT2D eigenvalue weighted by Crippen LogP contribution is 2.12. The summed E-state index contributed by atoms with van der Waals surface area (Å²) < 4.78 is 0. The second-order valence-corrected chi connectivity index (χ2v) is 4.77. The van der Waals surface area contributed by atoms with Crippen molar-refractivity contribution in [1.29, 1.82) is 0 Å². The first-order valence-electron chi connectivity index (χ1n) is 5.20. The smallest absolute Gasteiger partial charge is 0.411 e. The topological polar surface area (TPSA) is 87.5 Å². The zero-order chi connectivity index (χ0) is 12.9. The molecule has 2 N–H and O–H groups in total. The van der Waals surface area contributed by atoms with Crippen LogP contribution in [0.1, 0.15) is 26.5 Å². The molecule has 0 fully saturated rings. The number of rotatable bonds is 3. The Bertz CT molecular complexity index is 424. The SMILES string of the molecule is CC(C)(C)C/N=C/c1ccnc(NC(=O)O)n1. The van der Waals surface area contributed by atoms with Crippen molar-refractivity contribution < 1.29 is 9.90 Å². The fourth-order valence-electron chi connectivity index (χ4n) is 1.01. The fraction of sp³-hybridized carbons (Fsp3) is 0.455. The number of aliphatic imine (C=N–C) groups is 1. The molecule has 0 aliphatic carbocycles. The molecule has 6 heteroatoms. The Hall–Kier alpha value is -1.98. The van der Waals surface area contributed by atoms with E-state index < -0.39 is 6.09 Å². The summed E-state index contributed by atoms with van der Waals surface area (Å²) in [6.45, 7) is 6.93. The van der Waals surface area contributed by atoms with Gasteiger partial charge in [0.1, 0.15) is 0 Å². The third-order valence-corrected chi connectivity index (χ3v) is 1.69. The Morgan fingerprint density at radius 1 is 1.59 bits per heavy atom. The van der Waals surface area contributed by atoms with Crippen LogP contribution in [0.3, 0.4) is 0 Å². The summed E-state index contributed by atoms with van der Waals surface area (Å²) in [5.74, 6) is 0.0530. The van der Waals surface area contributed by atoms with Gasteiger partial charge in [0, 0.05) is 19.0 Å². The molecule has 1 amide bonds. The lowest BCUT2D eigenvalue weighted by atomic mass is 9.97. The standard InChI is InChI=1S/C11H16N4O2/c1-11(2,3)7-12-6-8-4-5-13-9(14-8)15-10(16)17/h4-6H,7H2,1-3H3,(H,16,17)(H,13,14,15)/b12-6+. The lowest BCUT2D eigenvalue weighted by Crippen LogP contribution is -2.11. The molecule has 92 valence electrons. The van der Waals surface area contributed by atoms with Crippen molar-refractivity contribution in [3.8, 4) is 0 Å². The summed E-state index contributed by atoms with van der Waals surface area (Å²) in [6, 6.07) is 1.67. The molecule has 0 saturated heterocycles. The Morgan fingerprint density at radius 2 is 2.29 bits per heavy atom. The highest BCUT2D eigenvalue weighted by Gasteiger charge is 2.07. The Kier molecular flexibility index (Phi) is 4.14. The molecular formula is C11H16N4O2. The molecule has 17 heavy (non-hydrogen) atoms. The Balaban J connectivity index is 2.69. The van der Waals surface area contributed by atoms with Crippen LogP contribution in [0, 0.1) is 5.41 Å². The summed E-state index contributed by atoms with van der Waals surface area (Å²) in [5.41, 5.74) is 0.694. The molecule has 0 saturated carbocycles. The van der Waals surface area contributed by atoms with Crippen LogP contribution in [0.4, 0.5) is 10.7 Å². The predicted octanol–water partition coefficient (Wildman–Crippen LogP) is 2.03. The third kappa shape index (κ3) is 5.60. The van der Waals surface area contributed by atoms with E-state index in [4.69, 9.17) is 5.11 Å². The highest BCUT2D eigenvalue weighted by atomic mass is 16.4. The molecule has 1 rings (SSSR count). The summed E-state index contributed by atoms with van der Waals surface area (Å²) in [7, 11) is 0. The molecule has 6 nitrogen and oxygen atoms in total. The second kappa shape index (κ2) is 5.38. The van der Waals surface area contributed by atoms with E-state index in [0.29, 0.717) is 12.2 Å². The van der Waals surface area contributed by atoms with Gasteiger partial charge in [-0.1, -0.05) is 20.8 Å². The molecule has 0 aliphatic heterocycles. The van der Waals surface area contributed by atoms with Crippen LogP contribution >= 0.6 is 0 Å². The molecular weight excluding hydrogens is 220 g/mol. The van der Waals surface area contributed by atoms with Crippen LogP contribution < -0.4 is 5.32 Å². The predicted molar refractivity (Wildman–Crippen MR) is 65.6 cm³/mol. The number of carboxylic acid groups (broad SMARTS) is 1. The van der Waals surface area contributed by atoms with E-state index >= 15 is 0 Å². The van der Waals surface area contributed by atoms with Gasteiger partial charge in [0.05, 0.1) is 5.69 Å². The summed E-state index contributed by atoms with van der Waals surface area (Å²) in [6.07, 6.45) is 1.91. The summed E-state index contributed by atoms with van der Waals surface area (Å²) >= 11 is 0. The molecule has 0 radical (unpaired) electrons. The average Bonchev–Trinajstić information content (AvgIpc) is 2.15. The van der Waals surface area contributed by atoms with Crippen molar-refractivity contribution in [2.45, 2.75) is 20.8 Å². The minimum Gasteiger partial charge on any atom is -0.465 e. The van der Waals surface area contributed by atoms with Gasteiger partial charge in [-0.15, -0.1) is 0 Å². The van der Waals surface area contributed by atoms with E-state index in [1.54, 1.807) is 12.3 Å². The quantitative estimate of drug-likeness (QED) is 0.786. The van der Waals surface area contributed by atoms with Crippen LogP contribution in [-0.2, 0) is 0 Å². The van der Waals surface area contributed by atoms with Crippen LogP contribution in [0.5, 0.6) is 0 Å². The maximum atomic E-state index is 10.4. The lowest BCUT2D eigenvalue weighted by molar-refractivity contribution is 0.209. The van der Waals surface area contributed by atoms with Gasteiger partial charge in [-0.25, -0.2) is 14.8 Å². The van der Waals surface area contributed by atoms with E-state index in [1.165, 1.54) is 6.20 Å². The zero-order valence-electron chi connectivity index (χ0n) is 10.1. The second-order valence-electron chi connectivity index (χ2n) is 4.77. The number of carbonyl (C=O) groups is 1. The lowest BCUT2D eigenvalue weighted by Gasteiger charge is -2.13. The highest BCUT2D eigenvalue weighted by molar-refractivity contribution is 5.82. The largest absolute Gasteiger partial charge is 0.465 e. The number of hydrogen-bond acceptors (Lipinski definition) is 4. The molecule has 0 aromatic carbocycles. The number of hydrogen-bond donors (Lipinski definition) is 2. The van der Waals surface area contributed by atoms with E-state index in [1.807, 2.05) is 0 Å². The molecule has 0 spiro atoms. The van der Waals surface area contributed by atoms with E-state index in [2.05, 4.69) is 41.0 Å². The number of amides is 1. The van der Waals surface area contributed by atoms with Crippen molar-refractivity contribution in [3.63, 3.8) is 0 Å². The van der Waals surface area contributed by atoms with E-state index in [0.717, 1.165) is 0 Å². The van der Waals surface area contributed by atoms with Crippen molar-refractivity contribution in [2.75, 3.05) is 11.9 Å². The first-order chi connectivity index (χ1) is 7.87. The first-order valence-corrected chi connectivity index (χ1v) is 5.20. The van der Waals surface area contributed by atoms with Gasteiger partial charge in [-0.05, 0) is 11.5 Å². The van der Waals surface area contributed by atoms with Crippen LogP contribution in [-0.4, -0.2) is 33.9 Å². The zero-order valence-corrected chi connectivity index (χ0v) is 10.1. The number of nitrogens with zero attached hydrogens (tertiary/aromatic N) is 3. The van der Waals surface area contributed by atoms with Gasteiger partial charge >= 0.3 is 6.09 Å². The van der Waals surface area contributed by atoms with Crippen molar-refractivity contribution in [2.24, 2.45) is 10.4 Å². The van der Waals surface area contributed by atoms with Crippen LogP contribution in [0.15, 0.2) is 17.3 Å². The van der Waals surface area contributed by atoms with Gasteiger partial charge in [-0.2, -0.15) is 0 Å². The summed E-state index contributed by atoms with van der Waals surface area (Å²) in [5, 5.41) is 10.6. The molecule has 0 bridgehead atoms. The Morgan fingerprint density at radius 3 is 2.88 bits per heavy atom. The molecule has 1 heterocycles. The van der Waals surface area contributed by atoms with Crippen molar-refractivity contribution in [3.05, 3.63) is 18.0 Å². The maximum Gasteiger partial charge on any atom is 0.411 e. The Labute approximate surface area is 99.8 Å². The molecule has 1 aromatic rings. The fourth-order valence-corrected chi connectivity index (χ4v) is 1.01. The molecule has 0 atom stereocenters. The van der Waals surface area contributed by atoms with Crippen molar-refractivity contribution >= 4 is 18.3 Å². The number of anilines is 1. The van der Waals surface area contributed by atoms with Gasteiger partial charge < -0.3 is 5.11 Å². The molecule has 0 aliphatic rings. The molecule has 1 aromatic heterocycles. The van der Waals surface area contributed by atoms with Crippen molar-refractivity contribution in [1.82, 2.24) is 9.97 Å². The minimum absolute atomic E-state index is 0.0530. The van der Waals surface area contributed by atoms with Crippen LogP contribution in [0.2, 0.25) is 0 Å². The van der Waals surface area contributed by atoms with Gasteiger partial charge in [0.25, 0.3) is 0 Å². The normalized spacial score (nSPS) is 11.7. The maximum absolute atomic E-state index is 10.4. The van der Waals surface area contributed by atoms with Gasteiger partial charge in [-0.3, -0.25) is 10.3 Å². The number of aromatic nitrogens is 2. The summed E-state index contributed by atoms with van der Waals surface area (Å²) in [4.78, 5) is 22.4. The third-order valence-electron chi connectivity index (χ3n) is 1.69. The van der Waals surface area contributed by atoms with E-state index in [9.17, 15) is 4.79 Å². The average molecular weight is 236 g/mol. The van der Waals surface area contributed by atoms with Crippen LogP contribution in [0.25, 0.3) is 0 Å². The van der Waals surface area contributed by atoms with E-state index in [-0.39, 0.29) is 11.4 Å². The number of nitrogens with one attached hydrogen (secondary N) is 1.